The average molecular weight is 469 g/mol. The molecular weight excluding hydrogens is 448 g/mol. The van der Waals surface area contributed by atoms with Crippen LogP contribution in [0.2, 0.25) is 5.02 Å². The zero-order chi connectivity index (χ0) is 22.7. The lowest BCUT2D eigenvalue weighted by molar-refractivity contribution is -0.116. The first-order valence-corrected chi connectivity index (χ1v) is 11.3. The summed E-state index contributed by atoms with van der Waals surface area (Å²) < 4.78 is 10.6. The minimum atomic E-state index is -0.460. The molecule has 0 aliphatic carbocycles. The maximum Gasteiger partial charge on any atom is 0.337 e. The molecule has 1 fully saturated rings. The first-order valence-electron chi connectivity index (χ1n) is 9.99. The number of hydrogen-bond donors (Lipinski definition) is 2. The van der Waals surface area contributed by atoms with Crippen molar-refractivity contribution in [2.45, 2.75) is 18.8 Å². The van der Waals surface area contributed by atoms with Gasteiger partial charge in [-0.25, -0.2) is 4.79 Å². The van der Waals surface area contributed by atoms with Crippen LogP contribution in [0.1, 0.15) is 28.6 Å². The molecule has 0 unspecified atom stereocenters. The Kier molecular flexibility index (Phi) is 6.58. The second-order valence-corrected chi connectivity index (χ2v) is 8.62. The predicted octanol–water partition coefficient (Wildman–Crippen LogP) is 5.55. The van der Waals surface area contributed by atoms with Crippen molar-refractivity contribution in [1.82, 2.24) is 5.32 Å². The van der Waals surface area contributed by atoms with Gasteiger partial charge in [0.15, 0.2) is 5.50 Å². The lowest BCUT2D eigenvalue weighted by atomic mass is 10.1. The van der Waals surface area contributed by atoms with Crippen LogP contribution in [0, 0.1) is 0 Å². The molecular formula is C24H21ClN2O4S. The molecule has 8 heteroatoms. The summed E-state index contributed by atoms with van der Waals surface area (Å²) in [5, 5.41) is 6.65. The second kappa shape index (κ2) is 9.54. The Morgan fingerprint density at radius 3 is 2.72 bits per heavy atom. The monoisotopic (exact) mass is 468 g/mol. The number of furan rings is 1. The van der Waals surface area contributed by atoms with E-state index in [1.165, 1.54) is 24.4 Å². The molecule has 6 nitrogen and oxygen atoms in total. The van der Waals surface area contributed by atoms with Crippen LogP contribution < -0.4 is 10.6 Å². The van der Waals surface area contributed by atoms with Crippen LogP contribution in [0.15, 0.2) is 63.9 Å². The lowest BCUT2D eigenvalue weighted by Gasteiger charge is -2.12. The van der Waals surface area contributed by atoms with Crippen LogP contribution in [0.3, 0.4) is 0 Å². The Morgan fingerprint density at radius 2 is 2.00 bits per heavy atom. The van der Waals surface area contributed by atoms with E-state index < -0.39 is 5.97 Å². The molecule has 2 aromatic carbocycles. The van der Waals surface area contributed by atoms with Crippen molar-refractivity contribution < 1.29 is 18.7 Å². The van der Waals surface area contributed by atoms with E-state index in [0.717, 1.165) is 12.1 Å². The molecule has 1 atom stereocenters. The number of aryl methyl sites for hydroxylation is 1. The topological polar surface area (TPSA) is 80.6 Å². The fourth-order valence-electron chi connectivity index (χ4n) is 3.22. The van der Waals surface area contributed by atoms with Crippen molar-refractivity contribution in [3.63, 3.8) is 0 Å². The second-order valence-electron chi connectivity index (χ2n) is 7.06. The zero-order valence-corrected chi connectivity index (χ0v) is 19.0. The molecule has 1 saturated heterocycles. The van der Waals surface area contributed by atoms with Crippen molar-refractivity contribution in [3.8, 4) is 11.3 Å². The first kappa shape index (κ1) is 22.0. The van der Waals surface area contributed by atoms with Gasteiger partial charge in [-0.2, -0.15) is 0 Å². The molecule has 0 saturated carbocycles. The molecule has 0 bridgehead atoms. The summed E-state index contributed by atoms with van der Waals surface area (Å²) in [6.45, 7) is 2.11. The highest BCUT2D eigenvalue weighted by atomic mass is 35.5. The van der Waals surface area contributed by atoms with Gasteiger partial charge in [-0.05, 0) is 54.4 Å². The largest absolute Gasteiger partial charge is 0.465 e. The summed E-state index contributed by atoms with van der Waals surface area (Å²) in [4.78, 5) is 24.8. The van der Waals surface area contributed by atoms with Gasteiger partial charge in [0.05, 0.1) is 22.6 Å². The van der Waals surface area contributed by atoms with E-state index in [2.05, 4.69) is 29.7 Å². The minimum absolute atomic E-state index is 0.179. The van der Waals surface area contributed by atoms with Crippen molar-refractivity contribution in [1.29, 1.82) is 0 Å². The van der Waals surface area contributed by atoms with Crippen LogP contribution in [0.25, 0.3) is 17.4 Å². The molecule has 2 N–H and O–H groups in total. The molecule has 2 heterocycles. The average Bonchev–Trinajstić information content (AvgIpc) is 3.40. The highest BCUT2D eigenvalue weighted by Gasteiger charge is 2.27. The number of anilines is 1. The number of benzene rings is 2. The summed E-state index contributed by atoms with van der Waals surface area (Å²) in [5.74, 6) is 0.354. The lowest BCUT2D eigenvalue weighted by Crippen LogP contribution is -2.30. The van der Waals surface area contributed by atoms with Crippen molar-refractivity contribution >= 4 is 47.0 Å². The van der Waals surface area contributed by atoms with Gasteiger partial charge in [0.1, 0.15) is 11.5 Å². The zero-order valence-electron chi connectivity index (χ0n) is 17.5. The van der Waals surface area contributed by atoms with Gasteiger partial charge in [-0.15, -0.1) is 0 Å². The fourth-order valence-corrected chi connectivity index (χ4v) is 4.39. The third-order valence-electron chi connectivity index (χ3n) is 4.94. The minimum Gasteiger partial charge on any atom is -0.465 e. The summed E-state index contributed by atoms with van der Waals surface area (Å²) >= 11 is 7.67. The number of carbonyl (C=O) groups excluding carboxylic acids is 2. The van der Waals surface area contributed by atoms with Gasteiger partial charge in [-0.3, -0.25) is 4.79 Å². The number of esters is 1. The van der Waals surface area contributed by atoms with Crippen LogP contribution in [0.4, 0.5) is 5.69 Å². The van der Waals surface area contributed by atoms with E-state index >= 15 is 0 Å². The van der Waals surface area contributed by atoms with Crippen LogP contribution in [0.5, 0.6) is 0 Å². The molecule has 4 rings (SSSR count). The molecule has 0 spiro atoms. The number of thioether (sulfide) groups is 1. The maximum absolute atomic E-state index is 12.4. The summed E-state index contributed by atoms with van der Waals surface area (Å²) in [6.07, 6.45) is 2.66. The van der Waals surface area contributed by atoms with Crippen molar-refractivity contribution in [3.05, 3.63) is 81.4 Å². The molecule has 164 valence electrons. The van der Waals surface area contributed by atoms with Gasteiger partial charge < -0.3 is 19.8 Å². The number of methoxy groups -OCH3 is 1. The third-order valence-corrected chi connectivity index (χ3v) is 6.30. The molecule has 1 aliphatic rings. The smallest absolute Gasteiger partial charge is 0.337 e. The van der Waals surface area contributed by atoms with E-state index in [4.69, 9.17) is 20.8 Å². The number of rotatable bonds is 6. The van der Waals surface area contributed by atoms with E-state index in [9.17, 15) is 9.59 Å². The molecule has 1 aromatic heterocycles. The Labute approximate surface area is 195 Å². The highest BCUT2D eigenvalue weighted by Crippen LogP contribution is 2.34. The maximum atomic E-state index is 12.4. The number of amides is 1. The van der Waals surface area contributed by atoms with Crippen molar-refractivity contribution in [2.24, 2.45) is 0 Å². The Bertz CT molecular complexity index is 1190. The van der Waals surface area contributed by atoms with E-state index in [0.29, 0.717) is 32.6 Å². The number of halogens is 1. The van der Waals surface area contributed by atoms with Gasteiger partial charge in [-0.1, -0.05) is 42.4 Å². The summed E-state index contributed by atoms with van der Waals surface area (Å²) in [5.41, 5.74) is 2.85. The Hall–Kier alpha value is -3.16. The molecule has 3 aromatic rings. The van der Waals surface area contributed by atoms with E-state index in [1.807, 2.05) is 12.1 Å². The van der Waals surface area contributed by atoms with Crippen LogP contribution in [-0.2, 0) is 16.0 Å². The predicted molar refractivity (Wildman–Crippen MR) is 127 cm³/mol. The van der Waals surface area contributed by atoms with Crippen molar-refractivity contribution in [2.75, 3.05) is 12.4 Å². The summed E-state index contributed by atoms with van der Waals surface area (Å²) in [6, 6.07) is 16.4. The normalized spacial score (nSPS) is 16.8. The number of ether oxygens (including phenoxy) is 1. The Balaban J connectivity index is 1.49. The molecule has 0 radical (unpaired) electrons. The Morgan fingerprint density at radius 1 is 1.22 bits per heavy atom. The van der Waals surface area contributed by atoms with Gasteiger partial charge in [0.25, 0.3) is 5.91 Å². The summed E-state index contributed by atoms with van der Waals surface area (Å²) in [7, 11) is 1.32. The molecule has 1 amide bonds. The number of nitrogens with one attached hydrogen (secondary N) is 2. The highest BCUT2D eigenvalue weighted by molar-refractivity contribution is 8.05. The third kappa shape index (κ3) is 4.84. The van der Waals surface area contributed by atoms with Crippen LogP contribution >= 0.6 is 23.4 Å². The van der Waals surface area contributed by atoms with E-state index in [-0.39, 0.29) is 11.4 Å². The van der Waals surface area contributed by atoms with Crippen LogP contribution in [-0.4, -0.2) is 24.5 Å². The van der Waals surface area contributed by atoms with E-state index in [1.54, 1.807) is 36.4 Å². The quantitative estimate of drug-likeness (QED) is 0.364. The number of hydrogen-bond acceptors (Lipinski definition) is 6. The molecule has 32 heavy (non-hydrogen) atoms. The SMILES string of the molecule is CCc1ccc(N[C@@H]2NC(=O)/C(=C/c3ccc(-c4cc(C(=O)OC)ccc4Cl)o3)S2)cc1. The van der Waals surface area contributed by atoms with Gasteiger partial charge >= 0.3 is 5.97 Å². The first-order chi connectivity index (χ1) is 15.5. The molecule has 1 aliphatic heterocycles. The van der Waals surface area contributed by atoms with Gasteiger partial charge in [0, 0.05) is 17.3 Å². The standard InChI is InChI=1S/C24H21ClN2O4S/c1-3-14-4-7-16(8-5-14)26-24-27-22(28)21(32-24)13-17-9-11-20(31-17)18-12-15(23(29)30-2)6-10-19(18)25/h4-13,24,26H,3H2,1-2H3,(H,27,28)/b21-13-/t24-/m1/s1. The fraction of sp³-hybridized carbons (Fsp3) is 0.167. The van der Waals surface area contributed by atoms with Gasteiger partial charge in [0.2, 0.25) is 0 Å². The number of carbonyl (C=O) groups is 2.